The van der Waals surface area contributed by atoms with E-state index in [1.807, 2.05) is 0 Å². The summed E-state index contributed by atoms with van der Waals surface area (Å²) < 4.78 is 0. The van der Waals surface area contributed by atoms with Crippen LogP contribution in [0.3, 0.4) is 0 Å². The summed E-state index contributed by atoms with van der Waals surface area (Å²) in [6, 6.07) is 125. The summed E-state index contributed by atoms with van der Waals surface area (Å²) in [5.41, 5.74) is 0. The second kappa shape index (κ2) is 38.9. The maximum Gasteiger partial charge on any atom is 0.115 e. The molecule has 0 aromatic heterocycles. The van der Waals surface area contributed by atoms with Gasteiger partial charge in [-0.15, -0.1) is 0 Å². The molecule has 0 aliphatic heterocycles. The van der Waals surface area contributed by atoms with Gasteiger partial charge in [0.1, 0.15) is 30.8 Å². The quantitative estimate of drug-likeness (QED) is 0.0394. The Morgan fingerprint density at radius 1 is 0.200 bits per heavy atom. The fourth-order valence-corrected chi connectivity index (χ4v) is 73.8. The Hall–Kier alpha value is -5.20. The average Bonchev–Trinajstić information content (AvgIpc) is 0.732. The van der Waals surface area contributed by atoms with Gasteiger partial charge in [-0.25, -0.2) is 0 Å². The minimum atomic E-state index is -1.83. The van der Waals surface area contributed by atoms with Gasteiger partial charge in [-0.1, -0.05) is 561 Å². The first-order valence-electron chi connectivity index (χ1n) is 40.1. The third kappa shape index (κ3) is 23.7. The van der Waals surface area contributed by atoms with Crippen LogP contribution in [0.5, 0.6) is 0 Å². The van der Waals surface area contributed by atoms with Crippen LogP contribution >= 0.6 is 0 Å². The van der Waals surface area contributed by atoms with Crippen molar-refractivity contribution in [3.05, 3.63) is 303 Å². The Balaban J connectivity index is 0.000000200. The molecule has 0 amide bonds. The smallest absolute Gasteiger partial charge is 0.0712 e. The lowest BCUT2D eigenvalue weighted by Gasteiger charge is -2.43. The van der Waals surface area contributed by atoms with E-state index in [4.69, 9.17) is 0 Å². The first kappa shape index (κ1) is 87.0. The van der Waals surface area contributed by atoms with Crippen molar-refractivity contribution in [1.29, 1.82) is 0 Å². The molecular formula is C93H138Si12. The molecule has 558 valence electrons. The van der Waals surface area contributed by atoms with Crippen molar-refractivity contribution < 1.29 is 0 Å². The monoisotopic (exact) mass is 1590 g/mol. The second-order valence-corrected chi connectivity index (χ2v) is 116. The predicted octanol–water partition coefficient (Wildman–Crippen LogP) is 21.3. The third-order valence-electron chi connectivity index (χ3n) is 25.6. The number of hydrogen-bond acceptors (Lipinski definition) is 0. The van der Waals surface area contributed by atoms with Gasteiger partial charge in [0.2, 0.25) is 0 Å². The molecule has 0 nitrogen and oxygen atoms in total. The van der Waals surface area contributed by atoms with Crippen molar-refractivity contribution in [1.82, 2.24) is 0 Å². The van der Waals surface area contributed by atoms with Crippen LogP contribution in [0.2, 0.25) is 186 Å². The number of rotatable bonds is 30. The molecule has 0 bridgehead atoms. The summed E-state index contributed by atoms with van der Waals surface area (Å²) in [6.45, 7) is 54.4. The molecule has 0 aliphatic carbocycles. The summed E-state index contributed by atoms with van der Waals surface area (Å²) >= 11 is 0. The minimum absolute atomic E-state index is 0.701. The molecule has 10 aromatic rings. The zero-order valence-corrected chi connectivity index (χ0v) is 81.6. The molecular weight excluding hydrogens is 1450 g/mol. The Labute approximate surface area is 654 Å². The molecule has 0 saturated heterocycles. The van der Waals surface area contributed by atoms with Crippen LogP contribution in [-0.4, -0.2) is 93.7 Å². The van der Waals surface area contributed by atoms with Crippen molar-refractivity contribution in [2.24, 2.45) is 0 Å². The highest BCUT2D eigenvalue weighted by Gasteiger charge is 2.50. The summed E-state index contributed by atoms with van der Waals surface area (Å²) in [5, 5.41) is 16.1. The van der Waals surface area contributed by atoms with E-state index in [1.165, 1.54) is 68.0 Å². The van der Waals surface area contributed by atoms with E-state index in [1.54, 1.807) is 57.9 Å². The van der Waals surface area contributed by atoms with E-state index >= 15 is 0 Å². The highest BCUT2D eigenvalue weighted by Crippen LogP contribution is 2.32. The van der Waals surface area contributed by atoms with Gasteiger partial charge in [-0.2, -0.15) is 0 Å². The number of hydrogen-bond donors (Lipinski definition) is 0. The highest BCUT2D eigenvalue weighted by atomic mass is 29.3. The summed E-state index contributed by atoms with van der Waals surface area (Å²) in [4.78, 5) is 0. The molecule has 1 atom stereocenters. The Morgan fingerprint density at radius 3 is 0.648 bits per heavy atom. The van der Waals surface area contributed by atoms with Crippen molar-refractivity contribution >= 4 is 146 Å². The molecule has 0 saturated carbocycles. The van der Waals surface area contributed by atoms with Gasteiger partial charge in [0, 0.05) is 23.7 Å². The normalized spacial score (nSPS) is 13.0. The van der Waals surface area contributed by atoms with Gasteiger partial charge in [0.25, 0.3) is 0 Å². The second-order valence-electron chi connectivity index (χ2n) is 37.2. The van der Waals surface area contributed by atoms with Crippen molar-refractivity contribution in [2.75, 3.05) is 0 Å². The maximum absolute atomic E-state index is 2.67. The molecule has 10 rings (SSSR count). The maximum atomic E-state index is 2.67. The third-order valence-corrected chi connectivity index (χ3v) is 105. The first-order valence-corrected chi connectivity index (χ1v) is 80.3. The molecule has 10 aromatic carbocycles. The standard InChI is InChI=1S/C31H38Si3.C26H36Si3.C21H34Si3.C15H30Si3/c1-32(2,34(4,30-22-13-7-14-23-30)31-24-15-8-16-25-31)26-17-27-33(3,28-18-9-5-10-19-28)29-20-11-6-12-21-29;1-27(2,24-16-9-6-10-17-24)22-15-23-28(3,4)29(5,25-18-11-7-12-19-25)26-20-13-8-14-21-26;1-22(2,3)18-13-19-23(4,5)24(6,20-14-9-7-10-15-20)21-16-11-8-12-17-21;1-16(15-11-8-7-9-12-15)18(5,6)14-10-13-17(2,3)4/h5-16,18-25H,17,26-27H2,1-4H3;6-14,16-21H,15,22-23H2,1-5H3;7-12,14-17H,13,18-19H2,1-6H3;7-9,11-12,16H,10,13-14H2,1-6H3. The Morgan fingerprint density at radius 2 is 0.400 bits per heavy atom. The van der Waals surface area contributed by atoms with Crippen molar-refractivity contribution in [3.63, 3.8) is 0 Å². The molecule has 0 fully saturated rings. The summed E-state index contributed by atoms with van der Waals surface area (Å²) in [5.74, 6) is 0. The highest BCUT2D eigenvalue weighted by molar-refractivity contribution is 7.52. The first-order chi connectivity index (χ1) is 49.5. The van der Waals surface area contributed by atoms with E-state index in [-0.39, 0.29) is 0 Å². The lowest BCUT2D eigenvalue weighted by molar-refractivity contribution is 1.02. The molecule has 105 heavy (non-hydrogen) atoms. The van der Waals surface area contributed by atoms with Crippen LogP contribution < -0.4 is 51.9 Å². The van der Waals surface area contributed by atoms with Crippen LogP contribution in [0.1, 0.15) is 25.7 Å². The van der Waals surface area contributed by atoms with Crippen molar-refractivity contribution in [3.8, 4) is 0 Å². The fraction of sp³-hybridized carbons (Fsp3) is 0.355. The minimum Gasteiger partial charge on any atom is -0.0712 e. The molecule has 0 spiro atoms. The van der Waals surface area contributed by atoms with E-state index in [0.29, 0.717) is 0 Å². The molecule has 0 aliphatic rings. The van der Waals surface area contributed by atoms with Crippen LogP contribution in [0, 0.1) is 0 Å². The summed E-state index contributed by atoms with van der Waals surface area (Å²) in [6.07, 6.45) is 5.60. The number of benzene rings is 10. The summed E-state index contributed by atoms with van der Waals surface area (Å²) in [7, 11) is -16.3. The zero-order chi connectivity index (χ0) is 76.7. The van der Waals surface area contributed by atoms with Crippen LogP contribution in [0.4, 0.5) is 0 Å². The lowest BCUT2D eigenvalue weighted by Crippen LogP contribution is -2.72. The largest absolute Gasteiger partial charge is 0.115 e. The van der Waals surface area contributed by atoms with Crippen LogP contribution in [0.15, 0.2) is 303 Å². The molecule has 12 heteroatoms. The predicted molar refractivity (Wildman–Crippen MR) is 511 cm³/mol. The van der Waals surface area contributed by atoms with Crippen molar-refractivity contribution in [2.45, 2.75) is 212 Å². The Bertz CT molecular complexity index is 3900. The topological polar surface area (TPSA) is 0 Å². The van der Waals surface area contributed by atoms with Gasteiger partial charge in [0.15, 0.2) is 0 Å². The zero-order valence-electron chi connectivity index (χ0n) is 69.4. The van der Waals surface area contributed by atoms with Gasteiger partial charge in [-0.05, 0) is 6.04 Å². The van der Waals surface area contributed by atoms with E-state index < -0.39 is 93.7 Å². The molecule has 0 radical (unpaired) electrons. The molecule has 0 N–H and O–H groups in total. The molecule has 1 unspecified atom stereocenters. The average molecular weight is 1590 g/mol. The van der Waals surface area contributed by atoms with Gasteiger partial charge < -0.3 is 0 Å². The van der Waals surface area contributed by atoms with Gasteiger partial charge in [0.05, 0.1) is 39.2 Å². The van der Waals surface area contributed by atoms with E-state index in [9.17, 15) is 0 Å². The Kier molecular flexibility index (Phi) is 32.3. The molecule has 0 heterocycles. The van der Waals surface area contributed by atoms with Crippen LogP contribution in [-0.2, 0) is 0 Å². The van der Waals surface area contributed by atoms with Crippen LogP contribution in [0.25, 0.3) is 0 Å². The van der Waals surface area contributed by atoms with Gasteiger partial charge in [-0.3, -0.25) is 0 Å². The SMILES string of the molecule is C[SiH](c1ccccc1)[Si](C)(C)CCC[Si](C)(C)C.C[Si](C)(C)CCC[Si](C)(C)[Si](C)(c1ccccc1)c1ccccc1.C[Si](C)(CCC[Si](C)(C)[Si](C)(c1ccccc1)c1ccccc1)c1ccccc1.C[Si](CCC[Si](C)(C)[Si](C)(c1ccccc1)c1ccccc1)(c1ccccc1)c1ccccc1. The lowest BCUT2D eigenvalue weighted by atomic mass is 10.4. The van der Waals surface area contributed by atoms with E-state index in [0.717, 1.165) is 0 Å². The fourth-order valence-electron chi connectivity index (χ4n) is 16.7. The van der Waals surface area contributed by atoms with E-state index in [2.05, 4.69) is 441 Å². The van der Waals surface area contributed by atoms with Gasteiger partial charge >= 0.3 is 0 Å².